The highest BCUT2D eigenvalue weighted by Crippen LogP contribution is 2.41. The van der Waals surface area contributed by atoms with Crippen molar-refractivity contribution in [3.63, 3.8) is 0 Å². The molecule has 6 rings (SSSR count). The molecule has 0 saturated carbocycles. The minimum atomic E-state index is -1.60. The summed E-state index contributed by atoms with van der Waals surface area (Å²) in [7, 11) is 1.32. The van der Waals surface area contributed by atoms with E-state index in [0.29, 0.717) is 54.0 Å². The normalized spacial score (nSPS) is 17.7. The van der Waals surface area contributed by atoms with Crippen molar-refractivity contribution in [3.8, 4) is 17.2 Å². The zero-order chi connectivity index (χ0) is 33.1. The molecule has 47 heavy (non-hydrogen) atoms. The van der Waals surface area contributed by atoms with Crippen LogP contribution in [0.15, 0.2) is 102 Å². The Balaban J connectivity index is 1.30. The summed E-state index contributed by atoms with van der Waals surface area (Å²) in [4.78, 5) is 49.1. The lowest BCUT2D eigenvalue weighted by atomic mass is 9.81. The first-order valence-electron chi connectivity index (χ1n) is 15.0. The Morgan fingerprint density at radius 3 is 2.26 bits per heavy atom. The van der Waals surface area contributed by atoms with Gasteiger partial charge in [-0.2, -0.15) is 5.26 Å². The van der Waals surface area contributed by atoms with E-state index in [2.05, 4.69) is 6.07 Å². The number of nitrogens with zero attached hydrogens (tertiary/aromatic N) is 5. The second-order valence-electron chi connectivity index (χ2n) is 11.3. The fourth-order valence-corrected chi connectivity index (χ4v) is 6.05. The van der Waals surface area contributed by atoms with E-state index in [1.54, 1.807) is 64.4 Å². The van der Waals surface area contributed by atoms with E-state index < -0.39 is 23.4 Å². The van der Waals surface area contributed by atoms with Gasteiger partial charge in [0.2, 0.25) is 0 Å². The maximum Gasteiger partial charge on any atom is 0.409 e. The monoisotopic (exact) mass is 630 g/mol. The third kappa shape index (κ3) is 5.89. The largest absolute Gasteiger partial charge is 0.453 e. The zero-order valence-corrected chi connectivity index (χ0v) is 25.6. The van der Waals surface area contributed by atoms with Gasteiger partial charge in [0, 0.05) is 31.7 Å². The SMILES string of the molecule is COC(=O)N1CCN(C(=O)c2cccc(CN3C(=O)[C@@](c4ccc(F)cc4)(c4cccc(-c5cccc(C#N)c5)c4)N=C3N)c2)CC1. The number of halogens is 1. The number of benzene rings is 4. The first-order chi connectivity index (χ1) is 22.7. The summed E-state index contributed by atoms with van der Waals surface area (Å²) in [6.45, 7) is 1.50. The van der Waals surface area contributed by atoms with E-state index in [4.69, 9.17) is 15.5 Å². The molecule has 0 aromatic heterocycles. The van der Waals surface area contributed by atoms with Crippen molar-refractivity contribution in [2.75, 3.05) is 33.3 Å². The summed E-state index contributed by atoms with van der Waals surface area (Å²) >= 11 is 0. The van der Waals surface area contributed by atoms with E-state index in [1.807, 2.05) is 18.2 Å². The Labute approximate surface area is 271 Å². The number of carbonyl (C=O) groups is 3. The van der Waals surface area contributed by atoms with Crippen LogP contribution in [0.4, 0.5) is 9.18 Å². The highest BCUT2D eigenvalue weighted by Gasteiger charge is 2.50. The number of nitrogens with two attached hydrogens (primary N) is 1. The number of carbonyl (C=O) groups excluding carboxylic acids is 3. The smallest absolute Gasteiger partial charge is 0.409 e. The first kappa shape index (κ1) is 31.0. The number of nitriles is 1. The van der Waals surface area contributed by atoms with Gasteiger partial charge in [-0.1, -0.05) is 54.6 Å². The summed E-state index contributed by atoms with van der Waals surface area (Å²) in [5, 5.41) is 9.41. The fourth-order valence-electron chi connectivity index (χ4n) is 6.05. The van der Waals surface area contributed by atoms with E-state index in [-0.39, 0.29) is 18.4 Å². The molecule has 1 atom stereocenters. The average Bonchev–Trinajstić information content (AvgIpc) is 3.37. The van der Waals surface area contributed by atoms with Gasteiger partial charge in [0.25, 0.3) is 11.8 Å². The van der Waals surface area contributed by atoms with Gasteiger partial charge in [0.15, 0.2) is 11.5 Å². The first-order valence-corrected chi connectivity index (χ1v) is 15.0. The van der Waals surface area contributed by atoms with Crippen molar-refractivity contribution in [2.45, 2.75) is 12.1 Å². The maximum atomic E-state index is 14.5. The van der Waals surface area contributed by atoms with Gasteiger partial charge >= 0.3 is 6.09 Å². The summed E-state index contributed by atoms with van der Waals surface area (Å²) in [6.07, 6.45) is -0.426. The molecule has 4 aromatic rings. The molecule has 10 nitrogen and oxygen atoms in total. The van der Waals surface area contributed by atoms with Gasteiger partial charge < -0.3 is 20.3 Å². The van der Waals surface area contributed by atoms with E-state index in [0.717, 1.165) is 11.1 Å². The Kier molecular flexibility index (Phi) is 8.42. The molecule has 0 aliphatic carbocycles. The number of amides is 3. The van der Waals surface area contributed by atoms with Crippen molar-refractivity contribution in [1.82, 2.24) is 14.7 Å². The molecule has 2 N–H and O–H groups in total. The van der Waals surface area contributed by atoms with Gasteiger partial charge in [0.1, 0.15) is 5.82 Å². The lowest BCUT2D eigenvalue weighted by molar-refractivity contribution is -0.130. The predicted octanol–water partition coefficient (Wildman–Crippen LogP) is 4.49. The second kappa shape index (κ2) is 12.8. The highest BCUT2D eigenvalue weighted by molar-refractivity contribution is 6.09. The molecular formula is C36H31FN6O4. The predicted molar refractivity (Wildman–Crippen MR) is 172 cm³/mol. The van der Waals surface area contributed by atoms with Crippen molar-refractivity contribution in [2.24, 2.45) is 10.7 Å². The molecule has 11 heteroatoms. The van der Waals surface area contributed by atoms with Crippen molar-refractivity contribution >= 4 is 23.9 Å². The summed E-state index contributed by atoms with van der Waals surface area (Å²) in [5.74, 6) is -1.10. The molecule has 3 amide bonds. The minimum absolute atomic E-state index is 0.0214. The number of hydrogen-bond acceptors (Lipinski definition) is 7. The van der Waals surface area contributed by atoms with Gasteiger partial charge in [-0.05, 0) is 70.3 Å². The Morgan fingerprint density at radius 2 is 1.55 bits per heavy atom. The lowest BCUT2D eigenvalue weighted by Gasteiger charge is -2.34. The lowest BCUT2D eigenvalue weighted by Crippen LogP contribution is -2.50. The standard InChI is InChI=1S/C36H31FN6O4/c1-47-35(46)42-17-15-41(16-18-42)32(44)28-9-3-6-25(20-28)23-43-33(45)36(40-34(43)39,29-11-13-31(37)14-12-29)30-10-4-8-27(21-30)26-7-2-5-24(19-26)22-38/h2-14,19-21H,15-18,23H2,1H3,(H2,39,40)/t36-/m1/s1. The van der Waals surface area contributed by atoms with Crippen LogP contribution in [0.3, 0.4) is 0 Å². The molecule has 1 fully saturated rings. The Morgan fingerprint density at radius 1 is 0.894 bits per heavy atom. The average molecular weight is 631 g/mol. The molecule has 0 bridgehead atoms. The summed E-state index contributed by atoms with van der Waals surface area (Å²) in [5.41, 5.74) is 8.97. The summed E-state index contributed by atoms with van der Waals surface area (Å²) < 4.78 is 18.8. The second-order valence-corrected chi connectivity index (χ2v) is 11.3. The minimum Gasteiger partial charge on any atom is -0.453 e. The Hall–Kier alpha value is -6.02. The number of hydrogen-bond donors (Lipinski definition) is 1. The molecular weight excluding hydrogens is 599 g/mol. The van der Waals surface area contributed by atoms with Crippen molar-refractivity contribution in [1.29, 1.82) is 5.26 Å². The van der Waals surface area contributed by atoms with Crippen LogP contribution in [0.5, 0.6) is 0 Å². The number of piperazine rings is 1. The van der Waals surface area contributed by atoms with Crippen molar-refractivity contribution < 1.29 is 23.5 Å². The van der Waals surface area contributed by atoms with Crippen LogP contribution >= 0.6 is 0 Å². The zero-order valence-electron chi connectivity index (χ0n) is 25.6. The number of ether oxygens (including phenoxy) is 1. The fraction of sp³-hybridized carbons (Fsp3) is 0.194. The molecule has 1 saturated heterocycles. The van der Waals surface area contributed by atoms with Crippen LogP contribution in [0, 0.1) is 17.1 Å². The van der Waals surface area contributed by atoms with Gasteiger partial charge in [-0.15, -0.1) is 0 Å². The molecule has 0 unspecified atom stereocenters. The van der Waals surface area contributed by atoms with Crippen molar-refractivity contribution in [3.05, 3.63) is 131 Å². The molecule has 236 valence electrons. The molecule has 2 aliphatic rings. The maximum absolute atomic E-state index is 14.5. The molecule has 2 heterocycles. The van der Waals surface area contributed by atoms with Crippen LogP contribution in [0.1, 0.15) is 32.6 Å². The number of guanidine groups is 1. The van der Waals surface area contributed by atoms with E-state index in [9.17, 15) is 24.0 Å². The van der Waals surface area contributed by atoms with Crippen LogP contribution in [0.2, 0.25) is 0 Å². The molecule has 0 radical (unpaired) electrons. The van der Waals surface area contributed by atoms with Gasteiger partial charge in [0.05, 0.1) is 25.3 Å². The highest BCUT2D eigenvalue weighted by atomic mass is 19.1. The summed E-state index contributed by atoms with van der Waals surface area (Å²) in [6, 6.07) is 29.1. The Bertz CT molecular complexity index is 1930. The number of methoxy groups -OCH3 is 1. The van der Waals surface area contributed by atoms with Crippen LogP contribution in [-0.2, 0) is 21.6 Å². The third-order valence-electron chi connectivity index (χ3n) is 8.50. The van der Waals surface area contributed by atoms with E-state index in [1.165, 1.54) is 36.3 Å². The van der Waals surface area contributed by atoms with Gasteiger partial charge in [-0.3, -0.25) is 14.5 Å². The van der Waals surface area contributed by atoms with E-state index >= 15 is 0 Å². The number of aliphatic imine (C=N–C) groups is 1. The van der Waals surface area contributed by atoms with Gasteiger partial charge in [-0.25, -0.2) is 14.2 Å². The van der Waals surface area contributed by atoms with Crippen LogP contribution < -0.4 is 5.73 Å². The number of rotatable bonds is 6. The molecule has 4 aromatic carbocycles. The molecule has 0 spiro atoms. The van der Waals surface area contributed by atoms with Crippen LogP contribution in [0.25, 0.3) is 11.1 Å². The quantitative estimate of drug-likeness (QED) is 0.334. The van der Waals surface area contributed by atoms with Crippen LogP contribution in [-0.4, -0.2) is 71.9 Å². The molecule has 2 aliphatic heterocycles. The third-order valence-corrected chi connectivity index (χ3v) is 8.50. The topological polar surface area (TPSA) is 132 Å².